The summed E-state index contributed by atoms with van der Waals surface area (Å²) < 4.78 is 9.79. The van der Waals surface area contributed by atoms with Crippen LogP contribution in [0.4, 0.5) is 22.1 Å². The van der Waals surface area contributed by atoms with E-state index >= 15 is 0 Å². The first kappa shape index (κ1) is 20.0. The number of nitrogens with one attached hydrogen (secondary N) is 2. The number of carbonyl (C=O) groups excluding carboxylic acids is 2. The predicted octanol–water partition coefficient (Wildman–Crippen LogP) is 1.27. The van der Waals surface area contributed by atoms with Gasteiger partial charge in [-0.1, -0.05) is 0 Å². The van der Waals surface area contributed by atoms with Gasteiger partial charge >= 0.3 is 6.03 Å². The molecule has 2 aromatic rings. The van der Waals surface area contributed by atoms with Gasteiger partial charge in [0, 0.05) is 12.1 Å². The zero-order chi connectivity index (χ0) is 20.8. The molecule has 0 atom stereocenters. The molecule has 1 heterocycles. The number of benzene rings is 1. The molecule has 0 saturated heterocycles. The predicted molar refractivity (Wildman–Crippen MR) is 91.4 cm³/mol. The first-order valence-electron chi connectivity index (χ1n) is 7.28. The van der Waals surface area contributed by atoms with E-state index in [-0.39, 0.29) is 17.7 Å². The summed E-state index contributed by atoms with van der Waals surface area (Å²) in [6.07, 6.45) is 0. The molecule has 2 rings (SSSR count). The van der Waals surface area contributed by atoms with E-state index in [1.54, 1.807) is 5.32 Å². The number of aromatic nitrogens is 2. The maximum absolute atomic E-state index is 12.3. The molecule has 1 aromatic heterocycles. The van der Waals surface area contributed by atoms with Crippen molar-refractivity contribution in [2.75, 3.05) is 19.5 Å². The van der Waals surface area contributed by atoms with Crippen LogP contribution in [0.3, 0.4) is 0 Å². The number of carbonyl (C=O) groups is 2. The lowest BCUT2D eigenvalue weighted by atomic mass is 10.1. The Bertz CT molecular complexity index is 908. The summed E-state index contributed by atoms with van der Waals surface area (Å²) in [6.45, 7) is 0. The van der Waals surface area contributed by atoms with Crippen LogP contribution < -0.4 is 20.1 Å². The van der Waals surface area contributed by atoms with E-state index in [1.165, 1.54) is 20.3 Å². The molecule has 3 amide bonds. The number of nitro benzene ring substituents is 2. The van der Waals surface area contributed by atoms with Crippen LogP contribution >= 0.6 is 0 Å². The molecule has 1 aromatic carbocycles. The van der Waals surface area contributed by atoms with Crippen LogP contribution in [0.15, 0.2) is 24.3 Å². The standard InChI is InChI=1S/C14H12N6O8/c1-27-9-6-10(28-2)16-13(15-9)18-14(22)17-12(21)11-7(19(23)24)4-3-5-8(11)20(25)26/h3-6H,1-2H3,(H2,15,16,17,18,21,22). The van der Waals surface area contributed by atoms with Crippen molar-refractivity contribution in [2.24, 2.45) is 0 Å². The van der Waals surface area contributed by atoms with Crippen molar-refractivity contribution < 1.29 is 28.9 Å². The number of imide groups is 1. The Balaban J connectivity index is 2.27. The second kappa shape index (κ2) is 8.35. The molecule has 0 radical (unpaired) electrons. The molecule has 2 N–H and O–H groups in total. The maximum Gasteiger partial charge on any atom is 0.328 e. The number of hydrogen-bond donors (Lipinski definition) is 2. The number of nitro groups is 2. The molecule has 0 saturated carbocycles. The van der Waals surface area contributed by atoms with Crippen LogP contribution in [-0.2, 0) is 0 Å². The number of hydrogen-bond acceptors (Lipinski definition) is 10. The van der Waals surface area contributed by atoms with Gasteiger partial charge in [0.1, 0.15) is 0 Å². The Kier molecular flexibility index (Phi) is 5.95. The molecule has 0 aliphatic heterocycles. The smallest absolute Gasteiger partial charge is 0.328 e. The Hall–Kier alpha value is -4.36. The number of amides is 3. The molecule has 0 aliphatic carbocycles. The van der Waals surface area contributed by atoms with Gasteiger partial charge in [0.15, 0.2) is 5.56 Å². The minimum absolute atomic E-state index is 0.0443. The van der Waals surface area contributed by atoms with E-state index in [9.17, 15) is 29.8 Å². The molecule has 146 valence electrons. The summed E-state index contributed by atoms with van der Waals surface area (Å²) in [5.41, 5.74) is -2.55. The maximum atomic E-state index is 12.3. The molecule has 14 heteroatoms. The summed E-state index contributed by atoms with van der Waals surface area (Å²) in [5.74, 6) is -1.57. The van der Waals surface area contributed by atoms with E-state index in [2.05, 4.69) is 15.3 Å². The fraction of sp³-hybridized carbons (Fsp3) is 0.143. The second-order valence-electron chi connectivity index (χ2n) is 4.87. The van der Waals surface area contributed by atoms with Gasteiger partial charge in [-0.05, 0) is 6.07 Å². The minimum Gasteiger partial charge on any atom is -0.481 e. The Morgan fingerprint density at radius 3 is 1.93 bits per heavy atom. The molecule has 0 fully saturated rings. The molecule has 0 aliphatic rings. The quantitative estimate of drug-likeness (QED) is 0.535. The van der Waals surface area contributed by atoms with Crippen molar-refractivity contribution in [3.8, 4) is 11.8 Å². The summed E-state index contributed by atoms with van der Waals surface area (Å²) in [5, 5.41) is 26.0. The summed E-state index contributed by atoms with van der Waals surface area (Å²) in [7, 11) is 2.62. The lowest BCUT2D eigenvalue weighted by Crippen LogP contribution is -2.35. The zero-order valence-corrected chi connectivity index (χ0v) is 14.4. The SMILES string of the molecule is COc1cc(OC)nc(NC(=O)NC(=O)c2c([N+](=O)[O-])cccc2[N+](=O)[O-])n1. The molecule has 0 bridgehead atoms. The van der Waals surface area contributed by atoms with Crippen molar-refractivity contribution >= 4 is 29.3 Å². The Labute approximate surface area is 155 Å². The monoisotopic (exact) mass is 392 g/mol. The van der Waals surface area contributed by atoms with Gasteiger partial charge < -0.3 is 9.47 Å². The fourth-order valence-corrected chi connectivity index (χ4v) is 2.03. The van der Waals surface area contributed by atoms with Crippen molar-refractivity contribution in [2.45, 2.75) is 0 Å². The highest BCUT2D eigenvalue weighted by molar-refractivity contribution is 6.11. The molecular weight excluding hydrogens is 380 g/mol. The third-order valence-corrected chi connectivity index (χ3v) is 3.19. The number of rotatable bonds is 6. The van der Waals surface area contributed by atoms with Gasteiger partial charge in [0.05, 0.1) is 30.1 Å². The highest BCUT2D eigenvalue weighted by Crippen LogP contribution is 2.28. The van der Waals surface area contributed by atoms with Crippen LogP contribution in [0.1, 0.15) is 10.4 Å². The number of urea groups is 1. The van der Waals surface area contributed by atoms with Gasteiger partial charge in [0.25, 0.3) is 17.3 Å². The van der Waals surface area contributed by atoms with Gasteiger partial charge in [-0.2, -0.15) is 9.97 Å². The first-order chi connectivity index (χ1) is 13.3. The molecule has 28 heavy (non-hydrogen) atoms. The van der Waals surface area contributed by atoms with Crippen LogP contribution in [0, 0.1) is 20.2 Å². The van der Waals surface area contributed by atoms with Crippen molar-refractivity contribution in [3.63, 3.8) is 0 Å². The van der Waals surface area contributed by atoms with Crippen LogP contribution in [0.25, 0.3) is 0 Å². The molecule has 0 unspecified atom stereocenters. The third kappa shape index (κ3) is 4.43. The number of methoxy groups -OCH3 is 2. The highest BCUT2D eigenvalue weighted by Gasteiger charge is 2.31. The summed E-state index contributed by atoms with van der Waals surface area (Å²) in [6, 6.07) is 2.98. The average molecular weight is 392 g/mol. The van der Waals surface area contributed by atoms with Crippen LogP contribution in [0.5, 0.6) is 11.8 Å². The summed E-state index contributed by atoms with van der Waals surface area (Å²) >= 11 is 0. The lowest BCUT2D eigenvalue weighted by Gasteiger charge is -2.08. The average Bonchev–Trinajstić information content (AvgIpc) is 2.66. The number of nitrogens with zero attached hydrogens (tertiary/aromatic N) is 4. The lowest BCUT2D eigenvalue weighted by molar-refractivity contribution is -0.394. The van der Waals surface area contributed by atoms with Crippen molar-refractivity contribution in [1.82, 2.24) is 15.3 Å². The van der Waals surface area contributed by atoms with Gasteiger partial charge in [-0.3, -0.25) is 35.7 Å². The minimum atomic E-state index is -1.36. The van der Waals surface area contributed by atoms with E-state index in [4.69, 9.17) is 9.47 Å². The Morgan fingerprint density at radius 2 is 1.50 bits per heavy atom. The number of anilines is 1. The topological polar surface area (TPSA) is 189 Å². The summed E-state index contributed by atoms with van der Waals surface area (Å²) in [4.78, 5) is 52.1. The normalized spacial score (nSPS) is 9.93. The molecular formula is C14H12N6O8. The second-order valence-corrected chi connectivity index (χ2v) is 4.87. The van der Waals surface area contributed by atoms with E-state index in [0.717, 1.165) is 18.2 Å². The van der Waals surface area contributed by atoms with Crippen molar-refractivity contribution in [3.05, 3.63) is 50.1 Å². The van der Waals surface area contributed by atoms with Crippen LogP contribution in [0.2, 0.25) is 0 Å². The fourth-order valence-electron chi connectivity index (χ4n) is 2.03. The van der Waals surface area contributed by atoms with Gasteiger partial charge in [-0.15, -0.1) is 0 Å². The third-order valence-electron chi connectivity index (χ3n) is 3.19. The Morgan fingerprint density at radius 1 is 1.00 bits per heavy atom. The zero-order valence-electron chi connectivity index (χ0n) is 14.4. The largest absolute Gasteiger partial charge is 0.481 e. The van der Waals surface area contributed by atoms with Gasteiger partial charge in [-0.25, -0.2) is 4.79 Å². The van der Waals surface area contributed by atoms with E-state index in [1.807, 2.05) is 0 Å². The van der Waals surface area contributed by atoms with Gasteiger partial charge in [0.2, 0.25) is 17.7 Å². The highest BCUT2D eigenvalue weighted by atomic mass is 16.6. The van der Waals surface area contributed by atoms with Crippen LogP contribution in [-0.4, -0.2) is 46.0 Å². The van der Waals surface area contributed by atoms with E-state index in [0.29, 0.717) is 0 Å². The van der Waals surface area contributed by atoms with Crippen molar-refractivity contribution in [1.29, 1.82) is 0 Å². The first-order valence-corrected chi connectivity index (χ1v) is 7.28. The number of ether oxygens (including phenoxy) is 2. The molecule has 14 nitrogen and oxygen atoms in total. The molecule has 0 spiro atoms. The van der Waals surface area contributed by atoms with E-state index < -0.39 is 38.7 Å².